The molecule has 2 heterocycles. The molecule has 0 fully saturated rings. The average molecular weight is 349 g/mol. The molecule has 0 saturated carbocycles. The van der Waals surface area contributed by atoms with E-state index in [0.29, 0.717) is 6.54 Å². The maximum atomic E-state index is 12.3. The summed E-state index contributed by atoms with van der Waals surface area (Å²) in [5.74, 6) is 0.240. The molecule has 0 unspecified atom stereocenters. The normalized spacial score (nSPS) is 12.0. The van der Waals surface area contributed by atoms with E-state index in [0.717, 1.165) is 22.5 Å². The summed E-state index contributed by atoms with van der Waals surface area (Å²) in [5.41, 5.74) is 3.92. The molecule has 0 spiro atoms. The van der Waals surface area contributed by atoms with Gasteiger partial charge in [-0.05, 0) is 35.2 Å². The van der Waals surface area contributed by atoms with Crippen molar-refractivity contribution >= 4 is 6.03 Å². The molecule has 2 amide bonds. The number of aromatic nitrogens is 3. The maximum absolute atomic E-state index is 12.3. The van der Waals surface area contributed by atoms with E-state index in [9.17, 15) is 4.79 Å². The monoisotopic (exact) mass is 349 g/mol. The fourth-order valence-electron chi connectivity index (χ4n) is 2.74. The van der Waals surface area contributed by atoms with Gasteiger partial charge in [-0.3, -0.25) is 10.1 Å². The predicted octanol–water partition coefficient (Wildman–Crippen LogP) is 3.67. The van der Waals surface area contributed by atoms with Crippen molar-refractivity contribution in [3.63, 3.8) is 0 Å². The topological polar surface area (TPSA) is 82.7 Å². The standard InChI is InChI=1S/C20H23N5O/c1-14(2)19(18-5-3-4-11-21-18)24-20(26)22-13-15-6-8-16(9-7-15)17-10-12-23-25-17/h3-12,14,19H,13H2,1-2H3,(H,23,25)(H2,22,24,26)/t19-/m1/s1. The van der Waals surface area contributed by atoms with Crippen molar-refractivity contribution in [2.75, 3.05) is 0 Å². The minimum atomic E-state index is -0.202. The zero-order valence-corrected chi connectivity index (χ0v) is 14.9. The highest BCUT2D eigenvalue weighted by Gasteiger charge is 2.19. The van der Waals surface area contributed by atoms with E-state index in [1.807, 2.05) is 48.5 Å². The minimum Gasteiger partial charge on any atom is -0.334 e. The van der Waals surface area contributed by atoms with E-state index in [-0.39, 0.29) is 18.0 Å². The van der Waals surface area contributed by atoms with Crippen LogP contribution in [0.2, 0.25) is 0 Å². The van der Waals surface area contributed by atoms with Gasteiger partial charge in [-0.2, -0.15) is 5.10 Å². The lowest BCUT2D eigenvalue weighted by molar-refractivity contribution is 0.232. The summed E-state index contributed by atoms with van der Waals surface area (Å²) < 4.78 is 0. The van der Waals surface area contributed by atoms with Gasteiger partial charge in [-0.15, -0.1) is 0 Å². The molecule has 3 aromatic rings. The van der Waals surface area contributed by atoms with Gasteiger partial charge in [-0.25, -0.2) is 4.79 Å². The second kappa shape index (κ2) is 8.29. The van der Waals surface area contributed by atoms with E-state index >= 15 is 0 Å². The maximum Gasteiger partial charge on any atom is 0.315 e. The Morgan fingerprint density at radius 3 is 2.50 bits per heavy atom. The number of hydrogen-bond donors (Lipinski definition) is 3. The molecule has 0 aliphatic rings. The van der Waals surface area contributed by atoms with Crippen molar-refractivity contribution in [3.8, 4) is 11.3 Å². The Hall–Kier alpha value is -3.15. The highest BCUT2D eigenvalue weighted by atomic mass is 16.2. The number of amides is 2. The Bertz CT molecular complexity index is 813. The summed E-state index contributed by atoms with van der Waals surface area (Å²) in [6.45, 7) is 4.59. The lowest BCUT2D eigenvalue weighted by Gasteiger charge is -2.22. The van der Waals surface area contributed by atoms with Gasteiger partial charge in [-0.1, -0.05) is 44.2 Å². The lowest BCUT2D eigenvalue weighted by atomic mass is 10.0. The fraction of sp³-hybridized carbons (Fsp3) is 0.250. The minimum absolute atomic E-state index is 0.126. The number of nitrogens with zero attached hydrogens (tertiary/aromatic N) is 2. The third-order valence-electron chi connectivity index (χ3n) is 4.18. The number of carbonyl (C=O) groups is 1. The van der Waals surface area contributed by atoms with E-state index < -0.39 is 0 Å². The van der Waals surface area contributed by atoms with Crippen LogP contribution in [0.3, 0.4) is 0 Å². The van der Waals surface area contributed by atoms with Crippen LogP contribution < -0.4 is 10.6 Å². The van der Waals surface area contributed by atoms with Gasteiger partial charge in [0.1, 0.15) is 0 Å². The van der Waals surface area contributed by atoms with Crippen LogP contribution in [0, 0.1) is 5.92 Å². The van der Waals surface area contributed by atoms with Crippen LogP contribution in [-0.2, 0) is 6.54 Å². The number of aromatic amines is 1. The fourth-order valence-corrected chi connectivity index (χ4v) is 2.74. The van der Waals surface area contributed by atoms with Crippen molar-refractivity contribution in [2.24, 2.45) is 5.92 Å². The molecule has 2 aromatic heterocycles. The first-order chi connectivity index (χ1) is 12.6. The first kappa shape index (κ1) is 17.7. The molecule has 1 atom stereocenters. The highest BCUT2D eigenvalue weighted by molar-refractivity contribution is 5.74. The summed E-state index contributed by atoms with van der Waals surface area (Å²) in [7, 11) is 0. The number of pyridine rings is 1. The summed E-state index contributed by atoms with van der Waals surface area (Å²) >= 11 is 0. The van der Waals surface area contributed by atoms with Gasteiger partial charge in [0.05, 0.1) is 17.4 Å². The quantitative estimate of drug-likeness (QED) is 0.635. The van der Waals surface area contributed by atoms with Crippen LogP contribution in [0.1, 0.15) is 31.1 Å². The SMILES string of the molecule is CC(C)[C@@H](NC(=O)NCc1ccc(-c2ccn[nH]2)cc1)c1ccccn1. The lowest BCUT2D eigenvalue weighted by Crippen LogP contribution is -2.39. The van der Waals surface area contributed by atoms with Crippen LogP contribution in [0.15, 0.2) is 60.9 Å². The van der Waals surface area contributed by atoms with E-state index in [2.05, 4.69) is 39.7 Å². The number of carbonyl (C=O) groups excluding carboxylic acids is 1. The zero-order valence-electron chi connectivity index (χ0n) is 14.9. The Morgan fingerprint density at radius 1 is 1.08 bits per heavy atom. The number of urea groups is 1. The van der Waals surface area contributed by atoms with Gasteiger partial charge in [0.25, 0.3) is 0 Å². The van der Waals surface area contributed by atoms with Crippen molar-refractivity contribution < 1.29 is 4.79 Å². The van der Waals surface area contributed by atoms with Crippen LogP contribution in [0.5, 0.6) is 0 Å². The largest absolute Gasteiger partial charge is 0.334 e. The summed E-state index contributed by atoms with van der Waals surface area (Å²) in [5, 5.41) is 12.8. The predicted molar refractivity (Wildman–Crippen MR) is 101 cm³/mol. The third kappa shape index (κ3) is 4.47. The third-order valence-corrected chi connectivity index (χ3v) is 4.18. The Kier molecular flexibility index (Phi) is 5.63. The van der Waals surface area contributed by atoms with Gasteiger partial charge >= 0.3 is 6.03 Å². The molecule has 0 aliphatic heterocycles. The Labute approximate surface area is 153 Å². The van der Waals surface area contributed by atoms with Gasteiger partial charge in [0.2, 0.25) is 0 Å². The molecule has 6 heteroatoms. The smallest absolute Gasteiger partial charge is 0.315 e. The van der Waals surface area contributed by atoms with Crippen molar-refractivity contribution in [1.29, 1.82) is 0 Å². The van der Waals surface area contributed by atoms with Gasteiger partial charge < -0.3 is 10.6 Å². The Balaban J connectivity index is 1.56. The summed E-state index contributed by atoms with van der Waals surface area (Å²) in [6, 6.07) is 15.3. The van der Waals surface area contributed by atoms with Gasteiger partial charge in [0, 0.05) is 18.9 Å². The summed E-state index contributed by atoms with van der Waals surface area (Å²) in [6.07, 6.45) is 3.47. The summed E-state index contributed by atoms with van der Waals surface area (Å²) in [4.78, 5) is 16.7. The number of nitrogens with one attached hydrogen (secondary N) is 3. The first-order valence-electron chi connectivity index (χ1n) is 8.67. The number of H-pyrrole nitrogens is 1. The molecule has 3 rings (SSSR count). The first-order valence-corrected chi connectivity index (χ1v) is 8.67. The molecular formula is C20H23N5O. The molecule has 0 radical (unpaired) electrons. The second-order valence-electron chi connectivity index (χ2n) is 6.47. The molecule has 0 aliphatic carbocycles. The molecule has 0 bridgehead atoms. The number of benzene rings is 1. The molecule has 6 nitrogen and oxygen atoms in total. The van der Waals surface area contributed by atoms with E-state index in [1.54, 1.807) is 12.4 Å². The van der Waals surface area contributed by atoms with E-state index in [4.69, 9.17) is 0 Å². The second-order valence-corrected chi connectivity index (χ2v) is 6.47. The molecule has 0 saturated heterocycles. The van der Waals surface area contributed by atoms with Crippen molar-refractivity contribution in [1.82, 2.24) is 25.8 Å². The van der Waals surface area contributed by atoms with Crippen LogP contribution in [-0.4, -0.2) is 21.2 Å². The van der Waals surface area contributed by atoms with Crippen molar-refractivity contribution in [3.05, 3.63) is 72.2 Å². The molecule has 134 valence electrons. The highest BCUT2D eigenvalue weighted by Crippen LogP contribution is 2.19. The van der Waals surface area contributed by atoms with Gasteiger partial charge in [0.15, 0.2) is 0 Å². The Morgan fingerprint density at radius 2 is 1.88 bits per heavy atom. The molecule has 1 aromatic carbocycles. The average Bonchev–Trinajstić information content (AvgIpc) is 3.20. The van der Waals surface area contributed by atoms with Crippen LogP contribution >= 0.6 is 0 Å². The number of rotatable bonds is 6. The van der Waals surface area contributed by atoms with E-state index in [1.165, 1.54) is 0 Å². The molecule has 26 heavy (non-hydrogen) atoms. The molecular weight excluding hydrogens is 326 g/mol. The van der Waals surface area contributed by atoms with Crippen molar-refractivity contribution in [2.45, 2.75) is 26.4 Å². The number of hydrogen-bond acceptors (Lipinski definition) is 3. The van der Waals surface area contributed by atoms with Crippen LogP contribution in [0.25, 0.3) is 11.3 Å². The molecule has 3 N–H and O–H groups in total. The van der Waals surface area contributed by atoms with Crippen LogP contribution in [0.4, 0.5) is 4.79 Å². The zero-order chi connectivity index (χ0) is 18.4.